The predicted octanol–water partition coefficient (Wildman–Crippen LogP) is 1.99. The van der Waals surface area contributed by atoms with Crippen LogP contribution >= 0.6 is 0 Å². The Hall–Kier alpha value is -1.06. The van der Waals surface area contributed by atoms with Crippen molar-refractivity contribution in [2.45, 2.75) is 19.9 Å². The van der Waals surface area contributed by atoms with Gasteiger partial charge < -0.3 is 15.3 Å². The lowest BCUT2D eigenvalue weighted by Crippen LogP contribution is -2.30. The molecule has 0 aromatic heterocycles. The summed E-state index contributed by atoms with van der Waals surface area (Å²) < 4.78 is 0. The highest BCUT2D eigenvalue weighted by Crippen LogP contribution is 2.22. The van der Waals surface area contributed by atoms with Gasteiger partial charge in [0, 0.05) is 24.7 Å². The number of nitrogens with zero attached hydrogens (tertiary/aromatic N) is 1. The quantitative estimate of drug-likeness (QED) is 0.772. The first kappa shape index (κ1) is 13.0. The van der Waals surface area contributed by atoms with Crippen LogP contribution in [0.1, 0.15) is 25.5 Å². The van der Waals surface area contributed by atoms with Gasteiger partial charge in [-0.15, -0.1) is 0 Å². The molecule has 0 bridgehead atoms. The zero-order chi connectivity index (χ0) is 12.0. The van der Waals surface area contributed by atoms with E-state index in [2.05, 4.69) is 31.1 Å². The van der Waals surface area contributed by atoms with Crippen LogP contribution in [0.3, 0.4) is 0 Å². The van der Waals surface area contributed by atoms with Crippen molar-refractivity contribution < 1.29 is 5.11 Å². The Balaban J connectivity index is 2.41. The second-order valence-electron chi connectivity index (χ2n) is 4.13. The number of para-hydroxylation sites is 1. The molecule has 1 rings (SSSR count). The summed E-state index contributed by atoms with van der Waals surface area (Å²) in [7, 11) is 2.10. The number of hydrogen-bond donors (Lipinski definition) is 2. The molecule has 0 aliphatic heterocycles. The molecule has 1 aromatic carbocycles. The molecule has 0 heterocycles. The first-order valence-corrected chi connectivity index (χ1v) is 5.85. The van der Waals surface area contributed by atoms with Gasteiger partial charge in [-0.2, -0.15) is 0 Å². The summed E-state index contributed by atoms with van der Waals surface area (Å²) in [5.74, 6) is 0.367. The van der Waals surface area contributed by atoms with Crippen LogP contribution in [0.4, 0.5) is 0 Å². The molecule has 1 unspecified atom stereocenters. The van der Waals surface area contributed by atoms with E-state index in [0.29, 0.717) is 5.75 Å². The molecule has 0 amide bonds. The highest BCUT2D eigenvalue weighted by atomic mass is 16.3. The van der Waals surface area contributed by atoms with Gasteiger partial charge in [-0.1, -0.05) is 25.1 Å². The molecule has 0 saturated heterocycles. The smallest absolute Gasteiger partial charge is 0.120 e. The first-order chi connectivity index (χ1) is 7.65. The van der Waals surface area contributed by atoms with Crippen LogP contribution in [0, 0.1) is 0 Å². The predicted molar refractivity (Wildman–Crippen MR) is 67.7 cm³/mol. The molecule has 1 aromatic rings. The third-order valence-corrected chi connectivity index (χ3v) is 2.89. The Morgan fingerprint density at radius 1 is 1.38 bits per heavy atom. The first-order valence-electron chi connectivity index (χ1n) is 5.85. The maximum absolute atomic E-state index is 9.69. The summed E-state index contributed by atoms with van der Waals surface area (Å²) >= 11 is 0. The number of benzene rings is 1. The maximum Gasteiger partial charge on any atom is 0.120 e. The molecule has 0 aliphatic carbocycles. The monoisotopic (exact) mass is 222 g/mol. The van der Waals surface area contributed by atoms with E-state index in [1.165, 1.54) is 0 Å². The zero-order valence-electron chi connectivity index (χ0n) is 10.4. The van der Waals surface area contributed by atoms with Crippen molar-refractivity contribution >= 4 is 0 Å². The topological polar surface area (TPSA) is 35.5 Å². The Labute approximate surface area is 98.1 Å². The minimum atomic E-state index is 0.187. The number of rotatable bonds is 6. The van der Waals surface area contributed by atoms with Gasteiger partial charge in [0.1, 0.15) is 5.75 Å². The van der Waals surface area contributed by atoms with E-state index in [4.69, 9.17) is 0 Å². The lowest BCUT2D eigenvalue weighted by molar-refractivity contribution is 0.341. The van der Waals surface area contributed by atoms with E-state index in [9.17, 15) is 5.11 Å². The molecular formula is C13H22N2O. The molecule has 1 atom stereocenters. The Bertz CT molecular complexity index is 315. The molecule has 0 aliphatic rings. The largest absolute Gasteiger partial charge is 0.508 e. The van der Waals surface area contributed by atoms with Crippen molar-refractivity contribution in [3.05, 3.63) is 29.8 Å². The van der Waals surface area contributed by atoms with E-state index in [-0.39, 0.29) is 6.04 Å². The molecule has 3 nitrogen and oxygen atoms in total. The highest BCUT2D eigenvalue weighted by Gasteiger charge is 2.08. The average Bonchev–Trinajstić information content (AvgIpc) is 2.29. The Morgan fingerprint density at radius 3 is 2.69 bits per heavy atom. The minimum absolute atomic E-state index is 0.187. The number of aromatic hydroxyl groups is 1. The standard InChI is InChI=1S/C13H22N2O/c1-4-15(3)10-9-14-11(2)12-7-5-6-8-13(12)16/h5-8,11,14,16H,4,9-10H2,1-3H3. The number of phenolic OH excluding ortho intramolecular Hbond substituents is 1. The molecule has 16 heavy (non-hydrogen) atoms. The van der Waals surface area contributed by atoms with Crippen molar-refractivity contribution in [1.29, 1.82) is 0 Å². The van der Waals surface area contributed by atoms with Crippen LogP contribution in [0.25, 0.3) is 0 Å². The SMILES string of the molecule is CCN(C)CCNC(C)c1ccccc1O. The Morgan fingerprint density at radius 2 is 2.06 bits per heavy atom. The molecule has 0 saturated carbocycles. The van der Waals surface area contributed by atoms with E-state index >= 15 is 0 Å². The fourth-order valence-electron chi connectivity index (χ4n) is 1.59. The normalized spacial score (nSPS) is 13.0. The van der Waals surface area contributed by atoms with Crippen LogP contribution in [0.2, 0.25) is 0 Å². The molecule has 0 spiro atoms. The lowest BCUT2D eigenvalue weighted by atomic mass is 10.1. The lowest BCUT2D eigenvalue weighted by Gasteiger charge is -2.18. The highest BCUT2D eigenvalue weighted by molar-refractivity contribution is 5.34. The van der Waals surface area contributed by atoms with Crippen molar-refractivity contribution in [2.75, 3.05) is 26.7 Å². The summed E-state index contributed by atoms with van der Waals surface area (Å²) in [4.78, 5) is 2.25. The fourth-order valence-corrected chi connectivity index (χ4v) is 1.59. The third-order valence-electron chi connectivity index (χ3n) is 2.89. The van der Waals surface area contributed by atoms with Gasteiger partial charge in [0.15, 0.2) is 0 Å². The Kier molecular flexibility index (Phi) is 5.29. The minimum Gasteiger partial charge on any atom is -0.508 e. The number of phenols is 1. The average molecular weight is 222 g/mol. The van der Waals surface area contributed by atoms with Gasteiger partial charge in [-0.05, 0) is 26.6 Å². The number of hydrogen-bond acceptors (Lipinski definition) is 3. The fraction of sp³-hybridized carbons (Fsp3) is 0.538. The van der Waals surface area contributed by atoms with Gasteiger partial charge in [0.05, 0.1) is 0 Å². The number of nitrogens with one attached hydrogen (secondary N) is 1. The molecule has 3 heteroatoms. The van der Waals surface area contributed by atoms with E-state index in [1.54, 1.807) is 6.07 Å². The van der Waals surface area contributed by atoms with Gasteiger partial charge in [0.25, 0.3) is 0 Å². The van der Waals surface area contributed by atoms with Gasteiger partial charge >= 0.3 is 0 Å². The van der Waals surface area contributed by atoms with Crippen molar-refractivity contribution in [3.63, 3.8) is 0 Å². The van der Waals surface area contributed by atoms with E-state index < -0.39 is 0 Å². The summed E-state index contributed by atoms with van der Waals surface area (Å²) in [6.45, 7) is 7.23. The van der Waals surface area contributed by atoms with Crippen LogP contribution in [-0.4, -0.2) is 36.7 Å². The van der Waals surface area contributed by atoms with Crippen molar-refractivity contribution in [2.24, 2.45) is 0 Å². The summed E-state index contributed by atoms with van der Waals surface area (Å²) in [6, 6.07) is 7.66. The van der Waals surface area contributed by atoms with Crippen LogP contribution < -0.4 is 5.32 Å². The molecule has 0 fully saturated rings. The van der Waals surface area contributed by atoms with Crippen molar-refractivity contribution in [3.8, 4) is 5.75 Å². The maximum atomic E-state index is 9.69. The summed E-state index contributed by atoms with van der Waals surface area (Å²) in [5.41, 5.74) is 0.960. The molecule has 90 valence electrons. The second kappa shape index (κ2) is 6.51. The van der Waals surface area contributed by atoms with Gasteiger partial charge in [0.2, 0.25) is 0 Å². The van der Waals surface area contributed by atoms with Crippen LogP contribution in [0.5, 0.6) is 5.75 Å². The second-order valence-corrected chi connectivity index (χ2v) is 4.13. The summed E-state index contributed by atoms with van der Waals surface area (Å²) in [5, 5.41) is 13.1. The zero-order valence-corrected chi connectivity index (χ0v) is 10.4. The van der Waals surface area contributed by atoms with Crippen molar-refractivity contribution in [1.82, 2.24) is 10.2 Å². The summed E-state index contributed by atoms with van der Waals surface area (Å²) in [6.07, 6.45) is 0. The molecule has 2 N–H and O–H groups in total. The van der Waals surface area contributed by atoms with E-state index in [1.807, 2.05) is 18.2 Å². The molecule has 0 radical (unpaired) electrons. The third kappa shape index (κ3) is 3.83. The van der Waals surface area contributed by atoms with Gasteiger partial charge in [-0.25, -0.2) is 0 Å². The van der Waals surface area contributed by atoms with Crippen LogP contribution in [-0.2, 0) is 0 Å². The van der Waals surface area contributed by atoms with E-state index in [0.717, 1.165) is 25.2 Å². The van der Waals surface area contributed by atoms with Crippen LogP contribution in [0.15, 0.2) is 24.3 Å². The van der Waals surface area contributed by atoms with Gasteiger partial charge in [-0.3, -0.25) is 0 Å². The number of likely N-dealkylation sites (N-methyl/N-ethyl adjacent to an activating group) is 1. The molecular weight excluding hydrogens is 200 g/mol.